The summed E-state index contributed by atoms with van der Waals surface area (Å²) in [5.74, 6) is 0.945. The quantitative estimate of drug-likeness (QED) is 0.860. The van der Waals surface area contributed by atoms with E-state index in [0.717, 1.165) is 19.5 Å². The van der Waals surface area contributed by atoms with Crippen LogP contribution in [0.15, 0.2) is 33.3 Å². The zero-order chi connectivity index (χ0) is 13.0. The van der Waals surface area contributed by atoms with E-state index >= 15 is 0 Å². The van der Waals surface area contributed by atoms with Crippen molar-refractivity contribution in [1.82, 2.24) is 10.3 Å². The first-order chi connectivity index (χ1) is 8.70. The fraction of sp³-hybridized carbons (Fsp3) is 0.308. The second kappa shape index (κ2) is 6.11. The van der Waals surface area contributed by atoms with Gasteiger partial charge in [-0.1, -0.05) is 6.92 Å². The first kappa shape index (κ1) is 13.2. The molecule has 0 bridgehead atoms. The summed E-state index contributed by atoms with van der Waals surface area (Å²) < 4.78 is 19.4. The van der Waals surface area contributed by atoms with Gasteiger partial charge in [0.25, 0.3) is 0 Å². The van der Waals surface area contributed by atoms with Crippen LogP contribution in [-0.2, 0) is 6.42 Å². The third kappa shape index (κ3) is 3.17. The summed E-state index contributed by atoms with van der Waals surface area (Å²) in [6.45, 7) is 3.79. The minimum atomic E-state index is -0.307. The van der Waals surface area contributed by atoms with Crippen LogP contribution < -0.4 is 5.32 Å². The fourth-order valence-electron chi connectivity index (χ4n) is 1.58. The van der Waals surface area contributed by atoms with E-state index in [2.05, 4.69) is 26.2 Å². The van der Waals surface area contributed by atoms with E-state index in [0.29, 0.717) is 21.7 Å². The second-order valence-electron chi connectivity index (χ2n) is 3.85. The van der Waals surface area contributed by atoms with E-state index < -0.39 is 0 Å². The van der Waals surface area contributed by atoms with Crippen LogP contribution in [0.25, 0.3) is 11.3 Å². The molecule has 0 spiro atoms. The van der Waals surface area contributed by atoms with E-state index in [1.54, 1.807) is 18.3 Å². The highest BCUT2D eigenvalue weighted by Crippen LogP contribution is 2.25. The molecule has 0 aliphatic heterocycles. The predicted molar refractivity (Wildman–Crippen MR) is 71.8 cm³/mol. The van der Waals surface area contributed by atoms with E-state index in [1.165, 1.54) is 6.07 Å². The van der Waals surface area contributed by atoms with Crippen LogP contribution in [0.3, 0.4) is 0 Å². The molecular formula is C13H14BrFN2O. The number of benzene rings is 1. The van der Waals surface area contributed by atoms with Crippen molar-refractivity contribution in [1.29, 1.82) is 0 Å². The number of likely N-dealkylation sites (N-methyl/N-ethyl adjacent to an activating group) is 1. The van der Waals surface area contributed by atoms with Crippen molar-refractivity contribution in [2.75, 3.05) is 13.1 Å². The third-order valence-electron chi connectivity index (χ3n) is 2.52. The summed E-state index contributed by atoms with van der Waals surface area (Å²) in [6.07, 6.45) is 2.36. The van der Waals surface area contributed by atoms with Crippen molar-refractivity contribution in [3.8, 4) is 11.3 Å². The third-order valence-corrected chi connectivity index (χ3v) is 3.17. The lowest BCUT2D eigenvalue weighted by Gasteiger charge is -1.99. The van der Waals surface area contributed by atoms with Crippen molar-refractivity contribution in [2.45, 2.75) is 13.3 Å². The minimum Gasteiger partial charge on any atom is -0.441 e. The van der Waals surface area contributed by atoms with Crippen LogP contribution in [0.2, 0.25) is 0 Å². The highest BCUT2D eigenvalue weighted by atomic mass is 79.9. The Hall–Kier alpha value is -1.20. The molecule has 5 heteroatoms. The van der Waals surface area contributed by atoms with Gasteiger partial charge in [0.2, 0.25) is 0 Å². The molecule has 0 atom stereocenters. The molecule has 0 fully saturated rings. The van der Waals surface area contributed by atoms with E-state index in [9.17, 15) is 4.39 Å². The summed E-state index contributed by atoms with van der Waals surface area (Å²) in [6, 6.07) is 4.88. The van der Waals surface area contributed by atoms with Crippen LogP contribution in [0.4, 0.5) is 4.39 Å². The van der Waals surface area contributed by atoms with Gasteiger partial charge in [-0.15, -0.1) is 0 Å². The molecule has 0 aliphatic rings. The van der Waals surface area contributed by atoms with Crippen molar-refractivity contribution < 1.29 is 8.81 Å². The Kier molecular flexibility index (Phi) is 4.49. The Bertz CT molecular complexity index is 527. The van der Waals surface area contributed by atoms with Crippen LogP contribution >= 0.6 is 15.9 Å². The van der Waals surface area contributed by atoms with Gasteiger partial charge in [-0.25, -0.2) is 9.37 Å². The van der Waals surface area contributed by atoms with E-state index in [-0.39, 0.29) is 5.82 Å². The van der Waals surface area contributed by atoms with Crippen LogP contribution in [0.5, 0.6) is 0 Å². The number of hydrogen-bond donors (Lipinski definition) is 1. The molecule has 2 rings (SSSR count). The molecule has 1 heterocycles. The molecular weight excluding hydrogens is 299 g/mol. The van der Waals surface area contributed by atoms with Crippen LogP contribution in [0, 0.1) is 5.82 Å². The standard InChI is InChI=1S/C13H14BrFN2O/c1-2-16-6-5-13-17-8-12(18-13)9-3-4-10(14)11(15)7-9/h3-4,7-8,16H,2,5-6H2,1H3. The van der Waals surface area contributed by atoms with Gasteiger partial charge in [0.1, 0.15) is 5.82 Å². The lowest BCUT2D eigenvalue weighted by molar-refractivity contribution is 0.496. The maximum absolute atomic E-state index is 13.4. The average molecular weight is 313 g/mol. The van der Waals surface area contributed by atoms with Gasteiger partial charge in [0.05, 0.1) is 10.7 Å². The molecule has 0 amide bonds. The lowest BCUT2D eigenvalue weighted by atomic mass is 10.2. The summed E-state index contributed by atoms with van der Waals surface area (Å²) in [4.78, 5) is 4.18. The Labute approximate surface area is 114 Å². The van der Waals surface area contributed by atoms with Crippen LogP contribution in [0.1, 0.15) is 12.8 Å². The molecule has 0 aliphatic carbocycles. The maximum atomic E-state index is 13.4. The number of nitrogens with zero attached hydrogens (tertiary/aromatic N) is 1. The number of hydrogen-bond acceptors (Lipinski definition) is 3. The van der Waals surface area contributed by atoms with Gasteiger partial charge < -0.3 is 9.73 Å². The molecule has 1 aromatic carbocycles. The Balaban J connectivity index is 2.11. The first-order valence-electron chi connectivity index (χ1n) is 5.81. The van der Waals surface area contributed by atoms with Crippen molar-refractivity contribution >= 4 is 15.9 Å². The van der Waals surface area contributed by atoms with Crippen molar-refractivity contribution in [3.05, 3.63) is 40.6 Å². The molecule has 96 valence electrons. The molecule has 2 aromatic rings. The number of rotatable bonds is 5. The lowest BCUT2D eigenvalue weighted by Crippen LogP contribution is -2.16. The monoisotopic (exact) mass is 312 g/mol. The molecule has 1 aromatic heterocycles. The maximum Gasteiger partial charge on any atom is 0.196 e. The zero-order valence-corrected chi connectivity index (χ0v) is 11.6. The Morgan fingerprint density at radius 2 is 2.28 bits per heavy atom. The molecule has 3 nitrogen and oxygen atoms in total. The number of nitrogens with one attached hydrogen (secondary N) is 1. The van der Waals surface area contributed by atoms with Gasteiger partial charge >= 0.3 is 0 Å². The molecule has 1 N–H and O–H groups in total. The number of oxazole rings is 1. The highest BCUT2D eigenvalue weighted by molar-refractivity contribution is 9.10. The van der Waals surface area contributed by atoms with Crippen molar-refractivity contribution in [3.63, 3.8) is 0 Å². The normalized spacial score (nSPS) is 10.8. The molecule has 0 saturated heterocycles. The second-order valence-corrected chi connectivity index (χ2v) is 4.71. The highest BCUT2D eigenvalue weighted by Gasteiger charge is 2.08. The summed E-state index contributed by atoms with van der Waals surface area (Å²) in [5, 5.41) is 3.20. The van der Waals surface area contributed by atoms with E-state index in [4.69, 9.17) is 4.42 Å². The van der Waals surface area contributed by atoms with Crippen molar-refractivity contribution in [2.24, 2.45) is 0 Å². The average Bonchev–Trinajstić information content (AvgIpc) is 2.82. The number of halogens is 2. The predicted octanol–water partition coefficient (Wildman–Crippen LogP) is 3.40. The molecule has 0 saturated carbocycles. The summed E-state index contributed by atoms with van der Waals surface area (Å²) >= 11 is 3.12. The molecule has 0 radical (unpaired) electrons. The first-order valence-corrected chi connectivity index (χ1v) is 6.61. The minimum absolute atomic E-state index is 0.307. The summed E-state index contributed by atoms with van der Waals surface area (Å²) in [5.41, 5.74) is 0.693. The fourth-order valence-corrected chi connectivity index (χ4v) is 1.83. The van der Waals surface area contributed by atoms with Gasteiger partial charge in [-0.3, -0.25) is 0 Å². The smallest absolute Gasteiger partial charge is 0.196 e. The SMILES string of the molecule is CCNCCc1ncc(-c2ccc(Br)c(F)c2)o1. The van der Waals surface area contributed by atoms with Gasteiger partial charge in [0.15, 0.2) is 11.7 Å². The molecule has 0 unspecified atom stereocenters. The van der Waals surface area contributed by atoms with Gasteiger partial charge in [-0.2, -0.15) is 0 Å². The van der Waals surface area contributed by atoms with Gasteiger partial charge in [0, 0.05) is 18.5 Å². The Morgan fingerprint density at radius 3 is 3.00 bits per heavy atom. The largest absolute Gasteiger partial charge is 0.441 e. The zero-order valence-electron chi connectivity index (χ0n) is 10.0. The number of aromatic nitrogens is 1. The van der Waals surface area contributed by atoms with E-state index in [1.807, 2.05) is 6.92 Å². The summed E-state index contributed by atoms with van der Waals surface area (Å²) in [7, 11) is 0. The Morgan fingerprint density at radius 1 is 1.44 bits per heavy atom. The topological polar surface area (TPSA) is 38.1 Å². The van der Waals surface area contributed by atoms with Gasteiger partial charge in [-0.05, 0) is 40.7 Å². The molecule has 18 heavy (non-hydrogen) atoms. The van der Waals surface area contributed by atoms with Crippen LogP contribution in [-0.4, -0.2) is 18.1 Å².